The molecule has 0 radical (unpaired) electrons. The van der Waals surface area contributed by atoms with Crippen molar-refractivity contribution in [3.63, 3.8) is 0 Å². The van der Waals surface area contributed by atoms with E-state index in [1.165, 1.54) is 18.2 Å². The van der Waals surface area contributed by atoms with Gasteiger partial charge in [-0.15, -0.1) is 0 Å². The van der Waals surface area contributed by atoms with Gasteiger partial charge in [-0.25, -0.2) is 22.0 Å². The van der Waals surface area contributed by atoms with Gasteiger partial charge in [0.1, 0.15) is 4.90 Å². The zero-order chi connectivity index (χ0) is 22.1. The van der Waals surface area contributed by atoms with Gasteiger partial charge in [0.15, 0.2) is 0 Å². The highest BCUT2D eigenvalue weighted by atomic mass is 32.2. The first kappa shape index (κ1) is 21.4. The van der Waals surface area contributed by atoms with Crippen LogP contribution in [-0.2, 0) is 20.0 Å². The van der Waals surface area contributed by atoms with Gasteiger partial charge < -0.3 is 4.90 Å². The van der Waals surface area contributed by atoms with Crippen LogP contribution in [0.5, 0.6) is 0 Å². The lowest BCUT2D eigenvalue weighted by atomic mass is 10.1. The summed E-state index contributed by atoms with van der Waals surface area (Å²) < 4.78 is 52.6. The molecule has 3 N–H and O–H groups in total. The van der Waals surface area contributed by atoms with E-state index in [-0.39, 0.29) is 10.6 Å². The van der Waals surface area contributed by atoms with E-state index in [9.17, 15) is 16.8 Å². The normalized spacial score (nSPS) is 11.7. The number of sulfonamides is 2. The van der Waals surface area contributed by atoms with E-state index in [2.05, 4.69) is 14.7 Å². The highest BCUT2D eigenvalue weighted by molar-refractivity contribution is 7.93. The Morgan fingerprint density at radius 1 is 0.933 bits per heavy atom. The predicted octanol–water partition coefficient (Wildman–Crippen LogP) is 3.30. The second kappa shape index (κ2) is 7.84. The molecule has 156 valence electrons. The quantitative estimate of drug-likeness (QED) is 0.337. The highest BCUT2D eigenvalue weighted by Gasteiger charge is 2.24. The number of nitrogens with zero attached hydrogens (tertiary/aromatic N) is 4. The standard InChI is InChI=1S/C18H18N6O4S2/c1-24(2)15-9-3-7-13-12(15)6-4-10-16(13)30(27,28)22-18-14(21-23-19)8-5-11-17(18)29(20,25)26/h3-11,22H,1-2H3,(H2,20,25,26). The molecule has 0 saturated heterocycles. The van der Waals surface area contributed by atoms with Crippen molar-refractivity contribution < 1.29 is 16.8 Å². The Morgan fingerprint density at radius 3 is 2.17 bits per heavy atom. The molecule has 0 aliphatic rings. The minimum absolute atomic E-state index is 0.0696. The van der Waals surface area contributed by atoms with Crippen molar-refractivity contribution in [3.05, 3.63) is 65.0 Å². The van der Waals surface area contributed by atoms with Crippen LogP contribution in [0, 0.1) is 0 Å². The van der Waals surface area contributed by atoms with Crippen LogP contribution in [0.2, 0.25) is 0 Å². The first-order chi connectivity index (χ1) is 14.1. The van der Waals surface area contributed by atoms with E-state index in [0.29, 0.717) is 10.8 Å². The molecule has 0 fully saturated rings. The van der Waals surface area contributed by atoms with Crippen LogP contribution in [0.25, 0.3) is 21.2 Å². The Balaban J connectivity index is 2.25. The largest absolute Gasteiger partial charge is 0.377 e. The number of para-hydroxylation sites is 1. The monoisotopic (exact) mass is 446 g/mol. The molecule has 0 aliphatic heterocycles. The molecule has 3 aromatic carbocycles. The maximum absolute atomic E-state index is 13.2. The van der Waals surface area contributed by atoms with E-state index in [4.69, 9.17) is 10.7 Å². The second-order valence-corrected chi connectivity index (χ2v) is 9.69. The smallest absolute Gasteiger partial charge is 0.262 e. The van der Waals surface area contributed by atoms with Crippen molar-refractivity contribution in [1.29, 1.82) is 0 Å². The molecule has 0 unspecified atom stereocenters. The van der Waals surface area contributed by atoms with E-state index in [0.717, 1.165) is 11.8 Å². The number of azide groups is 1. The molecule has 0 saturated carbocycles. The van der Waals surface area contributed by atoms with Gasteiger partial charge in [0.05, 0.1) is 16.3 Å². The Kier molecular flexibility index (Phi) is 5.59. The molecule has 0 aromatic heterocycles. The van der Waals surface area contributed by atoms with Crippen LogP contribution in [0.3, 0.4) is 0 Å². The van der Waals surface area contributed by atoms with Crippen LogP contribution in [0.1, 0.15) is 0 Å². The molecule has 10 nitrogen and oxygen atoms in total. The lowest BCUT2D eigenvalue weighted by Gasteiger charge is -2.18. The molecule has 3 rings (SSSR count). The highest BCUT2D eigenvalue weighted by Crippen LogP contribution is 2.36. The van der Waals surface area contributed by atoms with Gasteiger partial charge in [-0.1, -0.05) is 41.5 Å². The van der Waals surface area contributed by atoms with Crippen LogP contribution in [0.4, 0.5) is 17.1 Å². The summed E-state index contributed by atoms with van der Waals surface area (Å²) in [5.74, 6) is 0. The fraction of sp³-hybridized carbons (Fsp3) is 0.111. The van der Waals surface area contributed by atoms with Crippen molar-refractivity contribution in [1.82, 2.24) is 0 Å². The number of nitrogens with two attached hydrogens (primary N) is 1. The van der Waals surface area contributed by atoms with Gasteiger partial charge in [0, 0.05) is 35.5 Å². The average Bonchev–Trinajstić information content (AvgIpc) is 2.67. The fourth-order valence-corrected chi connectivity index (χ4v) is 5.16. The summed E-state index contributed by atoms with van der Waals surface area (Å²) in [4.78, 5) is 3.89. The first-order valence-corrected chi connectivity index (χ1v) is 11.5. The summed E-state index contributed by atoms with van der Waals surface area (Å²) in [6.45, 7) is 0. The van der Waals surface area contributed by atoms with Gasteiger partial charge in [-0.2, -0.15) is 0 Å². The van der Waals surface area contributed by atoms with Crippen LogP contribution in [-0.4, -0.2) is 30.9 Å². The van der Waals surface area contributed by atoms with Crippen molar-refractivity contribution in [3.8, 4) is 0 Å². The maximum atomic E-state index is 13.2. The van der Waals surface area contributed by atoms with Crippen LogP contribution in [0.15, 0.2) is 69.5 Å². The van der Waals surface area contributed by atoms with Gasteiger partial charge in [-0.3, -0.25) is 4.72 Å². The molecule has 12 heteroatoms. The van der Waals surface area contributed by atoms with Gasteiger partial charge in [-0.05, 0) is 23.7 Å². The lowest BCUT2D eigenvalue weighted by Crippen LogP contribution is -2.19. The van der Waals surface area contributed by atoms with Gasteiger partial charge in [0.25, 0.3) is 10.0 Å². The van der Waals surface area contributed by atoms with E-state index in [1.54, 1.807) is 24.3 Å². The van der Waals surface area contributed by atoms with E-state index in [1.807, 2.05) is 25.1 Å². The van der Waals surface area contributed by atoms with E-state index < -0.39 is 30.6 Å². The minimum Gasteiger partial charge on any atom is -0.377 e. The van der Waals surface area contributed by atoms with Crippen LogP contribution >= 0.6 is 0 Å². The molecule has 0 amide bonds. The molecule has 0 bridgehead atoms. The number of nitrogens with one attached hydrogen (secondary N) is 1. The van der Waals surface area contributed by atoms with Gasteiger partial charge >= 0.3 is 0 Å². The van der Waals surface area contributed by atoms with Crippen molar-refractivity contribution in [2.45, 2.75) is 9.79 Å². The third-order valence-electron chi connectivity index (χ3n) is 4.33. The van der Waals surface area contributed by atoms with Crippen LogP contribution < -0.4 is 14.8 Å². The number of hydrogen-bond donors (Lipinski definition) is 2. The number of benzene rings is 3. The summed E-state index contributed by atoms with van der Waals surface area (Å²) in [5, 5.41) is 9.74. The summed E-state index contributed by atoms with van der Waals surface area (Å²) in [6.07, 6.45) is 0. The summed E-state index contributed by atoms with van der Waals surface area (Å²) >= 11 is 0. The zero-order valence-electron chi connectivity index (χ0n) is 16.0. The van der Waals surface area contributed by atoms with Gasteiger partial charge in [0.2, 0.25) is 10.0 Å². The number of anilines is 2. The minimum atomic E-state index is -4.31. The molecular weight excluding hydrogens is 428 g/mol. The third-order valence-corrected chi connectivity index (χ3v) is 6.69. The second-order valence-electron chi connectivity index (χ2n) is 6.51. The molecule has 30 heavy (non-hydrogen) atoms. The summed E-state index contributed by atoms with van der Waals surface area (Å²) in [5.41, 5.74) is 8.94. The summed E-state index contributed by atoms with van der Waals surface area (Å²) in [6, 6.07) is 13.7. The third kappa shape index (κ3) is 4.02. The number of hydrogen-bond acceptors (Lipinski definition) is 6. The Hall–Kier alpha value is -3.31. The topological polar surface area (TPSA) is 158 Å². The molecule has 0 heterocycles. The molecule has 3 aromatic rings. The van der Waals surface area contributed by atoms with E-state index >= 15 is 0 Å². The molecular formula is C18H18N6O4S2. The lowest BCUT2D eigenvalue weighted by molar-refractivity contribution is 0.598. The Morgan fingerprint density at radius 2 is 1.53 bits per heavy atom. The number of rotatable bonds is 6. The summed E-state index contributed by atoms with van der Waals surface area (Å²) in [7, 11) is -4.91. The molecule has 0 aliphatic carbocycles. The number of fused-ring (bicyclic) bond motifs is 1. The number of primary sulfonamides is 1. The average molecular weight is 447 g/mol. The first-order valence-electron chi connectivity index (χ1n) is 8.49. The fourth-order valence-electron chi connectivity index (χ4n) is 3.07. The Bertz CT molecular complexity index is 1400. The SMILES string of the molecule is CN(C)c1cccc2c(S(=O)(=O)Nc3c(N=[N+]=[N-])cccc3S(N)(=O)=O)cccc12. The maximum Gasteiger partial charge on any atom is 0.262 e. The van der Waals surface area contributed by atoms with Crippen molar-refractivity contribution in [2.24, 2.45) is 10.3 Å². The van der Waals surface area contributed by atoms with Crippen molar-refractivity contribution >= 4 is 47.9 Å². The molecule has 0 spiro atoms. The Labute approximate surface area is 173 Å². The molecule has 0 atom stereocenters. The zero-order valence-corrected chi connectivity index (χ0v) is 17.6. The predicted molar refractivity (Wildman–Crippen MR) is 116 cm³/mol. The van der Waals surface area contributed by atoms with Crippen molar-refractivity contribution in [2.75, 3.05) is 23.7 Å².